The summed E-state index contributed by atoms with van der Waals surface area (Å²) in [6.07, 6.45) is 0. The molecule has 1 aliphatic rings. The summed E-state index contributed by atoms with van der Waals surface area (Å²) in [4.78, 5) is 17.0. The number of anilines is 1. The molecule has 0 atom stereocenters. The summed E-state index contributed by atoms with van der Waals surface area (Å²) >= 11 is 1.68. The molecule has 9 heteroatoms. The standard InChI is InChI=1S/C11H12FIN2O4S/c1-19-11(16)7-6-8(14-10(12)9(7)13)15-2-4-20(17,18)5-3-15/h6H,2-5H2,1H3. The molecule has 0 unspecified atom stereocenters. The van der Waals surface area contributed by atoms with Crippen molar-refractivity contribution in [3.05, 3.63) is 21.1 Å². The average molecular weight is 414 g/mol. The van der Waals surface area contributed by atoms with Crippen LogP contribution in [0.25, 0.3) is 0 Å². The van der Waals surface area contributed by atoms with Gasteiger partial charge in [0.1, 0.15) is 5.82 Å². The Kier molecular flexibility index (Phi) is 4.47. The Morgan fingerprint density at radius 3 is 2.60 bits per heavy atom. The highest BCUT2D eigenvalue weighted by Gasteiger charge is 2.25. The smallest absolute Gasteiger partial charge is 0.339 e. The molecule has 1 saturated heterocycles. The minimum absolute atomic E-state index is 0.00412. The molecule has 1 fully saturated rings. The zero-order chi connectivity index (χ0) is 14.9. The van der Waals surface area contributed by atoms with E-state index in [9.17, 15) is 17.6 Å². The number of esters is 1. The van der Waals surface area contributed by atoms with Gasteiger partial charge >= 0.3 is 5.97 Å². The zero-order valence-electron chi connectivity index (χ0n) is 10.6. The van der Waals surface area contributed by atoms with Gasteiger partial charge in [-0.2, -0.15) is 4.39 Å². The zero-order valence-corrected chi connectivity index (χ0v) is 13.6. The highest BCUT2D eigenvalue weighted by atomic mass is 127. The van der Waals surface area contributed by atoms with Gasteiger partial charge in [0, 0.05) is 13.1 Å². The Morgan fingerprint density at radius 1 is 1.45 bits per heavy atom. The Hall–Kier alpha value is -0.970. The molecule has 0 aromatic carbocycles. The molecule has 0 aliphatic carbocycles. The first-order valence-electron chi connectivity index (χ1n) is 5.74. The van der Waals surface area contributed by atoms with Crippen LogP contribution in [0.4, 0.5) is 10.2 Å². The monoisotopic (exact) mass is 414 g/mol. The summed E-state index contributed by atoms with van der Waals surface area (Å²) in [5, 5.41) is 0. The van der Waals surface area contributed by atoms with Crippen LogP contribution in [0.2, 0.25) is 0 Å². The number of pyridine rings is 1. The van der Waals surface area contributed by atoms with Gasteiger partial charge in [-0.15, -0.1) is 0 Å². The van der Waals surface area contributed by atoms with Crippen LogP contribution in [0.1, 0.15) is 10.4 Å². The van der Waals surface area contributed by atoms with E-state index in [1.165, 1.54) is 13.2 Å². The van der Waals surface area contributed by atoms with E-state index in [1.807, 2.05) is 0 Å². The van der Waals surface area contributed by atoms with Gasteiger partial charge in [0.2, 0.25) is 5.95 Å². The van der Waals surface area contributed by atoms with Gasteiger partial charge < -0.3 is 9.64 Å². The van der Waals surface area contributed by atoms with Gasteiger partial charge in [-0.25, -0.2) is 18.2 Å². The Bertz CT molecular complexity index is 636. The van der Waals surface area contributed by atoms with E-state index >= 15 is 0 Å². The van der Waals surface area contributed by atoms with Gasteiger partial charge in [0.25, 0.3) is 0 Å². The normalized spacial score (nSPS) is 17.9. The van der Waals surface area contributed by atoms with Crippen molar-refractivity contribution in [2.75, 3.05) is 36.6 Å². The lowest BCUT2D eigenvalue weighted by atomic mass is 10.2. The number of nitrogens with zero attached hydrogens (tertiary/aromatic N) is 2. The van der Waals surface area contributed by atoms with Gasteiger partial charge in [-0.1, -0.05) is 0 Å². The van der Waals surface area contributed by atoms with Crippen molar-refractivity contribution in [1.29, 1.82) is 0 Å². The van der Waals surface area contributed by atoms with E-state index in [4.69, 9.17) is 0 Å². The van der Waals surface area contributed by atoms with Crippen molar-refractivity contribution in [2.24, 2.45) is 0 Å². The number of aromatic nitrogens is 1. The number of rotatable bonds is 2. The van der Waals surface area contributed by atoms with Gasteiger partial charge in [-0.3, -0.25) is 0 Å². The minimum atomic E-state index is -3.03. The second kappa shape index (κ2) is 5.80. The fraction of sp³-hybridized carbons (Fsp3) is 0.455. The van der Waals surface area contributed by atoms with Crippen LogP contribution in [0.3, 0.4) is 0 Å². The first-order valence-corrected chi connectivity index (χ1v) is 8.64. The van der Waals surface area contributed by atoms with Crippen molar-refractivity contribution in [2.45, 2.75) is 0 Å². The van der Waals surface area contributed by atoms with E-state index in [2.05, 4.69) is 9.72 Å². The third kappa shape index (κ3) is 3.19. The Morgan fingerprint density at radius 2 is 2.05 bits per heavy atom. The van der Waals surface area contributed by atoms with Crippen LogP contribution in [0.5, 0.6) is 0 Å². The van der Waals surface area contributed by atoms with Crippen LogP contribution < -0.4 is 4.90 Å². The maximum Gasteiger partial charge on any atom is 0.339 e. The maximum atomic E-state index is 13.8. The largest absolute Gasteiger partial charge is 0.465 e. The Labute approximate surface area is 129 Å². The highest BCUT2D eigenvalue weighted by molar-refractivity contribution is 14.1. The number of carbonyl (C=O) groups excluding carboxylic acids is 1. The number of hydrogen-bond donors (Lipinski definition) is 0. The van der Waals surface area contributed by atoms with Gasteiger partial charge in [0.05, 0.1) is 27.7 Å². The molecule has 2 rings (SSSR count). The van der Waals surface area contributed by atoms with Crippen molar-refractivity contribution >= 4 is 44.2 Å². The van der Waals surface area contributed by atoms with Crippen LogP contribution in [0, 0.1) is 9.52 Å². The number of sulfone groups is 1. The van der Waals surface area contributed by atoms with E-state index < -0.39 is 21.8 Å². The molecule has 0 spiro atoms. The number of hydrogen-bond acceptors (Lipinski definition) is 6. The van der Waals surface area contributed by atoms with Gasteiger partial charge in [-0.05, 0) is 28.7 Å². The molecule has 110 valence electrons. The van der Waals surface area contributed by atoms with Crippen LogP contribution in [0.15, 0.2) is 6.07 Å². The third-order valence-corrected chi connectivity index (χ3v) is 5.61. The first-order chi connectivity index (χ1) is 9.34. The van der Waals surface area contributed by atoms with Crippen molar-refractivity contribution < 1.29 is 22.3 Å². The van der Waals surface area contributed by atoms with E-state index in [1.54, 1.807) is 27.5 Å². The second-order valence-electron chi connectivity index (χ2n) is 4.26. The SMILES string of the molecule is COC(=O)c1cc(N2CCS(=O)(=O)CC2)nc(F)c1I. The number of ether oxygens (including phenoxy) is 1. The molecule has 2 heterocycles. The lowest BCUT2D eigenvalue weighted by molar-refractivity contribution is 0.0598. The lowest BCUT2D eigenvalue weighted by Crippen LogP contribution is -2.41. The topological polar surface area (TPSA) is 76.6 Å². The molecule has 0 radical (unpaired) electrons. The minimum Gasteiger partial charge on any atom is -0.465 e. The fourth-order valence-electron chi connectivity index (χ4n) is 1.85. The lowest BCUT2D eigenvalue weighted by Gasteiger charge is -2.28. The predicted octanol–water partition coefficient (Wildman–Crippen LogP) is 0.847. The summed E-state index contributed by atoms with van der Waals surface area (Å²) in [5.41, 5.74) is 0.0871. The van der Waals surface area contributed by atoms with E-state index in [0.717, 1.165) is 0 Å². The number of methoxy groups -OCH3 is 1. The molecule has 0 N–H and O–H groups in total. The molecule has 1 aliphatic heterocycles. The number of halogens is 2. The summed E-state index contributed by atoms with van der Waals surface area (Å²) in [7, 11) is -1.82. The molecule has 6 nitrogen and oxygen atoms in total. The second-order valence-corrected chi connectivity index (χ2v) is 7.65. The summed E-state index contributed by atoms with van der Waals surface area (Å²) < 4.78 is 41.2. The first kappa shape index (κ1) is 15.4. The van der Waals surface area contributed by atoms with Crippen molar-refractivity contribution in [3.63, 3.8) is 0 Å². The van der Waals surface area contributed by atoms with Crippen LogP contribution in [-0.2, 0) is 14.6 Å². The molecule has 20 heavy (non-hydrogen) atoms. The summed E-state index contributed by atoms with van der Waals surface area (Å²) in [5.74, 6) is -1.18. The van der Waals surface area contributed by atoms with Crippen molar-refractivity contribution in [3.8, 4) is 0 Å². The van der Waals surface area contributed by atoms with E-state index in [0.29, 0.717) is 0 Å². The molecule has 0 saturated carbocycles. The molecule has 1 aromatic rings. The van der Waals surface area contributed by atoms with Crippen LogP contribution in [-0.4, -0.2) is 51.1 Å². The highest BCUT2D eigenvalue weighted by Crippen LogP contribution is 2.23. The Balaban J connectivity index is 2.34. The molecule has 0 bridgehead atoms. The molecular formula is C11H12FIN2O4S. The van der Waals surface area contributed by atoms with E-state index in [-0.39, 0.29) is 39.5 Å². The summed E-state index contributed by atoms with van der Waals surface area (Å²) in [6, 6.07) is 1.43. The summed E-state index contributed by atoms with van der Waals surface area (Å²) in [6.45, 7) is 0.464. The third-order valence-electron chi connectivity index (χ3n) is 2.98. The number of carbonyl (C=O) groups is 1. The van der Waals surface area contributed by atoms with Gasteiger partial charge in [0.15, 0.2) is 9.84 Å². The molecule has 0 amide bonds. The quantitative estimate of drug-likeness (QED) is 0.406. The maximum absolute atomic E-state index is 13.8. The predicted molar refractivity (Wildman–Crippen MR) is 79.1 cm³/mol. The fourth-order valence-corrected chi connectivity index (χ4v) is 3.55. The van der Waals surface area contributed by atoms with Crippen LogP contribution >= 0.6 is 22.6 Å². The molecule has 1 aromatic heterocycles. The molecular weight excluding hydrogens is 402 g/mol. The average Bonchev–Trinajstić information content (AvgIpc) is 2.41. The van der Waals surface area contributed by atoms with Crippen molar-refractivity contribution in [1.82, 2.24) is 4.98 Å².